The van der Waals surface area contributed by atoms with Gasteiger partial charge in [-0.2, -0.15) is 0 Å². The minimum absolute atomic E-state index is 0.0107. The Morgan fingerprint density at radius 2 is 2.33 bits per heavy atom. The summed E-state index contributed by atoms with van der Waals surface area (Å²) in [5.74, 6) is 0.503. The molecule has 1 saturated heterocycles. The van der Waals surface area contributed by atoms with Crippen LogP contribution in [0.1, 0.15) is 13.3 Å². The van der Waals surface area contributed by atoms with Gasteiger partial charge in [0.05, 0.1) is 12.0 Å². The molecule has 2 rings (SSSR count). The highest BCUT2D eigenvalue weighted by Gasteiger charge is 2.30. The van der Waals surface area contributed by atoms with E-state index in [1.807, 2.05) is 38.1 Å². The summed E-state index contributed by atoms with van der Waals surface area (Å²) in [6.07, 6.45) is 2.46. The predicted octanol–water partition coefficient (Wildman–Crippen LogP) is 1.51. The molecule has 5 heteroatoms. The van der Waals surface area contributed by atoms with Crippen molar-refractivity contribution in [2.75, 3.05) is 30.9 Å². The first-order valence-corrected chi connectivity index (χ1v) is 6.14. The van der Waals surface area contributed by atoms with E-state index in [1.54, 1.807) is 6.20 Å². The van der Waals surface area contributed by atoms with Crippen molar-refractivity contribution in [3.8, 4) is 0 Å². The van der Waals surface area contributed by atoms with Gasteiger partial charge in [0.15, 0.2) is 0 Å². The topological polar surface area (TPSA) is 54.5 Å². The van der Waals surface area contributed by atoms with Crippen LogP contribution in [0.15, 0.2) is 18.3 Å². The van der Waals surface area contributed by atoms with Crippen LogP contribution in [-0.4, -0.2) is 37.7 Å². The standard InChI is InChI=1S/C13H19N3O2/c1-9-11(5-7-18-9)13(17)15-12-8-10(16(2)3)4-6-14-12/h4,6,8-9,11H,5,7H2,1-3H3,(H,14,15,17). The lowest BCUT2D eigenvalue weighted by molar-refractivity contribution is -0.121. The van der Waals surface area contributed by atoms with Crippen molar-refractivity contribution in [2.45, 2.75) is 19.4 Å². The third-order valence-corrected chi connectivity index (χ3v) is 3.22. The first-order chi connectivity index (χ1) is 8.58. The molecule has 1 N–H and O–H groups in total. The molecule has 18 heavy (non-hydrogen) atoms. The second-order valence-electron chi connectivity index (χ2n) is 4.75. The summed E-state index contributed by atoms with van der Waals surface area (Å²) in [6, 6.07) is 3.76. The Labute approximate surface area is 107 Å². The van der Waals surface area contributed by atoms with Crippen molar-refractivity contribution in [3.63, 3.8) is 0 Å². The quantitative estimate of drug-likeness (QED) is 0.882. The lowest BCUT2D eigenvalue weighted by atomic mass is 10.0. The SMILES string of the molecule is CC1OCCC1C(=O)Nc1cc(N(C)C)ccn1. The smallest absolute Gasteiger partial charge is 0.231 e. The number of amides is 1. The van der Waals surface area contributed by atoms with E-state index >= 15 is 0 Å². The monoisotopic (exact) mass is 249 g/mol. The van der Waals surface area contributed by atoms with E-state index in [9.17, 15) is 4.79 Å². The lowest BCUT2D eigenvalue weighted by Crippen LogP contribution is -2.28. The van der Waals surface area contributed by atoms with E-state index < -0.39 is 0 Å². The van der Waals surface area contributed by atoms with Gasteiger partial charge in [0.25, 0.3) is 0 Å². The number of rotatable bonds is 3. The van der Waals surface area contributed by atoms with Crippen LogP contribution in [0.3, 0.4) is 0 Å². The van der Waals surface area contributed by atoms with Gasteiger partial charge in [0.2, 0.25) is 5.91 Å². The molecular formula is C13H19N3O2. The normalized spacial score (nSPS) is 22.8. The molecule has 2 atom stereocenters. The van der Waals surface area contributed by atoms with Gasteiger partial charge < -0.3 is 15.0 Å². The highest BCUT2D eigenvalue weighted by molar-refractivity contribution is 5.92. The summed E-state index contributed by atoms with van der Waals surface area (Å²) in [7, 11) is 3.90. The molecule has 1 aromatic heterocycles. The van der Waals surface area contributed by atoms with Crippen LogP contribution >= 0.6 is 0 Å². The Morgan fingerprint density at radius 1 is 1.56 bits per heavy atom. The number of carbonyl (C=O) groups is 1. The second kappa shape index (κ2) is 5.35. The summed E-state index contributed by atoms with van der Waals surface area (Å²) < 4.78 is 5.40. The second-order valence-corrected chi connectivity index (χ2v) is 4.75. The third kappa shape index (κ3) is 2.79. The molecule has 0 aromatic carbocycles. The molecular weight excluding hydrogens is 230 g/mol. The molecule has 0 aliphatic carbocycles. The van der Waals surface area contributed by atoms with E-state index in [0.29, 0.717) is 12.4 Å². The zero-order chi connectivity index (χ0) is 13.1. The zero-order valence-corrected chi connectivity index (χ0v) is 11.0. The van der Waals surface area contributed by atoms with E-state index in [1.165, 1.54) is 0 Å². The number of hydrogen-bond acceptors (Lipinski definition) is 4. The van der Waals surface area contributed by atoms with Gasteiger partial charge in [-0.1, -0.05) is 0 Å². The van der Waals surface area contributed by atoms with Crippen molar-refractivity contribution >= 4 is 17.4 Å². The Kier molecular flexibility index (Phi) is 3.81. The molecule has 1 amide bonds. The average molecular weight is 249 g/mol. The van der Waals surface area contributed by atoms with Crippen LogP contribution in [0, 0.1) is 5.92 Å². The molecule has 0 saturated carbocycles. The first-order valence-electron chi connectivity index (χ1n) is 6.14. The third-order valence-electron chi connectivity index (χ3n) is 3.22. The van der Waals surface area contributed by atoms with Crippen molar-refractivity contribution in [3.05, 3.63) is 18.3 Å². The van der Waals surface area contributed by atoms with Crippen molar-refractivity contribution < 1.29 is 9.53 Å². The number of pyridine rings is 1. The molecule has 1 aromatic rings. The van der Waals surface area contributed by atoms with Crippen LogP contribution in [0.5, 0.6) is 0 Å². The van der Waals surface area contributed by atoms with E-state index in [0.717, 1.165) is 12.1 Å². The molecule has 0 bridgehead atoms. The fraction of sp³-hybridized carbons (Fsp3) is 0.538. The van der Waals surface area contributed by atoms with Gasteiger partial charge in [-0.15, -0.1) is 0 Å². The Morgan fingerprint density at radius 3 is 2.94 bits per heavy atom. The number of carbonyl (C=O) groups excluding carboxylic acids is 1. The molecule has 1 aliphatic rings. The number of ether oxygens (including phenoxy) is 1. The van der Waals surface area contributed by atoms with Gasteiger partial charge in [0, 0.05) is 38.7 Å². The number of anilines is 2. The summed E-state index contributed by atoms with van der Waals surface area (Å²) >= 11 is 0. The summed E-state index contributed by atoms with van der Waals surface area (Å²) in [5, 5.41) is 2.85. The maximum Gasteiger partial charge on any atom is 0.231 e. The highest BCUT2D eigenvalue weighted by atomic mass is 16.5. The maximum absolute atomic E-state index is 12.1. The molecule has 98 valence electrons. The van der Waals surface area contributed by atoms with Gasteiger partial charge in [0.1, 0.15) is 5.82 Å². The molecule has 0 spiro atoms. The van der Waals surface area contributed by atoms with Crippen LogP contribution in [0.4, 0.5) is 11.5 Å². The molecule has 2 unspecified atom stereocenters. The Bertz CT molecular complexity index is 434. The molecule has 1 aliphatic heterocycles. The van der Waals surface area contributed by atoms with Gasteiger partial charge in [-0.3, -0.25) is 4.79 Å². The van der Waals surface area contributed by atoms with Crippen LogP contribution in [0.2, 0.25) is 0 Å². The van der Waals surface area contributed by atoms with Crippen LogP contribution < -0.4 is 10.2 Å². The van der Waals surface area contributed by atoms with E-state index in [-0.39, 0.29) is 17.9 Å². The summed E-state index contributed by atoms with van der Waals surface area (Å²) in [6.45, 7) is 2.59. The molecule has 5 nitrogen and oxygen atoms in total. The average Bonchev–Trinajstić information content (AvgIpc) is 2.76. The first kappa shape index (κ1) is 12.8. The molecule has 1 fully saturated rings. The van der Waals surface area contributed by atoms with E-state index in [2.05, 4.69) is 10.3 Å². The van der Waals surface area contributed by atoms with Crippen LogP contribution in [0.25, 0.3) is 0 Å². The summed E-state index contributed by atoms with van der Waals surface area (Å²) in [5.41, 5.74) is 1.01. The predicted molar refractivity (Wildman–Crippen MR) is 70.7 cm³/mol. The van der Waals surface area contributed by atoms with Gasteiger partial charge in [-0.05, 0) is 19.4 Å². The van der Waals surface area contributed by atoms with Crippen molar-refractivity contribution in [2.24, 2.45) is 5.92 Å². The number of hydrogen-bond donors (Lipinski definition) is 1. The maximum atomic E-state index is 12.1. The lowest BCUT2D eigenvalue weighted by Gasteiger charge is -2.16. The number of nitrogens with zero attached hydrogens (tertiary/aromatic N) is 2. The Hall–Kier alpha value is -1.62. The van der Waals surface area contributed by atoms with Crippen LogP contribution in [-0.2, 0) is 9.53 Å². The van der Waals surface area contributed by atoms with Gasteiger partial charge in [-0.25, -0.2) is 4.98 Å². The van der Waals surface area contributed by atoms with Gasteiger partial charge >= 0.3 is 0 Å². The van der Waals surface area contributed by atoms with E-state index in [4.69, 9.17) is 4.74 Å². The highest BCUT2D eigenvalue weighted by Crippen LogP contribution is 2.22. The molecule has 0 radical (unpaired) electrons. The minimum Gasteiger partial charge on any atom is -0.378 e. The Balaban J connectivity index is 2.04. The minimum atomic E-state index is -0.0742. The van der Waals surface area contributed by atoms with Crippen molar-refractivity contribution in [1.82, 2.24) is 4.98 Å². The fourth-order valence-electron chi connectivity index (χ4n) is 2.06. The fourth-order valence-corrected chi connectivity index (χ4v) is 2.06. The summed E-state index contributed by atoms with van der Waals surface area (Å²) in [4.78, 5) is 18.2. The number of nitrogens with one attached hydrogen (secondary N) is 1. The number of aromatic nitrogens is 1. The molecule has 2 heterocycles. The zero-order valence-electron chi connectivity index (χ0n) is 11.0. The largest absolute Gasteiger partial charge is 0.378 e. The van der Waals surface area contributed by atoms with Crippen molar-refractivity contribution in [1.29, 1.82) is 0 Å².